The molecule has 2 aliphatic carbocycles. The molecule has 0 spiro atoms. The molecule has 1 aliphatic heterocycles. The molecule has 6 rings (SSSR count). The summed E-state index contributed by atoms with van der Waals surface area (Å²) < 4.78 is 17.0. The molecule has 2 aromatic heterocycles. The van der Waals surface area contributed by atoms with Crippen LogP contribution < -0.4 is 4.74 Å². The van der Waals surface area contributed by atoms with E-state index < -0.39 is 36.6 Å². The fourth-order valence-electron chi connectivity index (χ4n) is 6.98. The van der Waals surface area contributed by atoms with Crippen LogP contribution in [0.5, 0.6) is 5.75 Å². The molecule has 2 saturated carbocycles. The molecule has 1 aromatic carbocycles. The maximum atomic E-state index is 14.4. The topological polar surface area (TPSA) is 140 Å². The molecule has 3 aromatic rings. The zero-order chi connectivity index (χ0) is 32.9. The molecule has 1 atom stereocenters. The largest absolute Gasteiger partial charge is 0.497 e. The molecule has 0 bridgehead atoms. The van der Waals surface area contributed by atoms with Crippen LogP contribution in [0.15, 0.2) is 47.1 Å². The van der Waals surface area contributed by atoms with Gasteiger partial charge in [-0.15, -0.1) is 0 Å². The number of benzene rings is 1. The van der Waals surface area contributed by atoms with E-state index in [4.69, 9.17) is 13.9 Å². The van der Waals surface area contributed by atoms with Crippen LogP contribution >= 0.6 is 0 Å². The van der Waals surface area contributed by atoms with Gasteiger partial charge >= 0.3 is 12.0 Å². The van der Waals surface area contributed by atoms with Gasteiger partial charge in [-0.1, -0.05) is 44.6 Å². The van der Waals surface area contributed by atoms with E-state index in [1.165, 1.54) is 7.11 Å². The average molecular weight is 645 g/mol. The number of hydrogen-bond acceptors (Lipinski definition) is 9. The van der Waals surface area contributed by atoms with Crippen LogP contribution in [0.4, 0.5) is 4.79 Å². The number of rotatable bonds is 10. The van der Waals surface area contributed by atoms with Crippen molar-refractivity contribution in [3.63, 3.8) is 0 Å². The van der Waals surface area contributed by atoms with Crippen molar-refractivity contribution in [3.05, 3.63) is 59.6 Å². The maximum Gasteiger partial charge on any atom is 0.336 e. The summed E-state index contributed by atoms with van der Waals surface area (Å²) in [6, 6.07) is 6.60. The van der Waals surface area contributed by atoms with Crippen molar-refractivity contribution in [2.75, 3.05) is 20.4 Å². The molecule has 0 N–H and O–H groups in total. The Balaban J connectivity index is 1.35. The molecule has 3 heterocycles. The quantitative estimate of drug-likeness (QED) is 0.157. The Hall–Kier alpha value is -4.74. The van der Waals surface area contributed by atoms with Gasteiger partial charge in [-0.3, -0.25) is 29.1 Å². The lowest BCUT2D eigenvalue weighted by molar-refractivity contribution is -0.154. The first-order chi connectivity index (χ1) is 22.9. The number of esters is 1. The van der Waals surface area contributed by atoms with Crippen LogP contribution in [-0.2, 0) is 25.7 Å². The first kappa shape index (κ1) is 32.2. The molecule has 248 valence electrons. The van der Waals surface area contributed by atoms with Gasteiger partial charge in [-0.25, -0.2) is 9.69 Å². The first-order valence-corrected chi connectivity index (χ1v) is 16.4. The van der Waals surface area contributed by atoms with Gasteiger partial charge in [0.25, 0.3) is 5.91 Å². The highest BCUT2D eigenvalue weighted by atomic mass is 16.5. The Morgan fingerprint density at radius 3 is 2.43 bits per heavy atom. The van der Waals surface area contributed by atoms with Crippen LogP contribution in [0.25, 0.3) is 11.0 Å². The van der Waals surface area contributed by atoms with Crippen LogP contribution in [0.1, 0.15) is 91.9 Å². The smallest absolute Gasteiger partial charge is 0.336 e. The number of ether oxygens (including phenoxy) is 2. The number of methoxy groups -OCH3 is 1. The number of aromatic nitrogens is 1. The predicted molar refractivity (Wildman–Crippen MR) is 169 cm³/mol. The normalized spacial score (nSPS) is 17.6. The predicted octanol–water partition coefficient (Wildman–Crippen LogP) is 5.60. The van der Waals surface area contributed by atoms with Gasteiger partial charge in [-0.2, -0.15) is 0 Å². The second kappa shape index (κ2) is 14.4. The summed E-state index contributed by atoms with van der Waals surface area (Å²) in [5.74, 6) is -1.17. The number of pyridine rings is 1. The number of nitrogens with zero attached hydrogens (tertiary/aromatic N) is 4. The number of hydrogen-bond donors (Lipinski definition) is 0. The van der Waals surface area contributed by atoms with Gasteiger partial charge in [0.1, 0.15) is 23.1 Å². The van der Waals surface area contributed by atoms with Gasteiger partial charge in [0.2, 0.25) is 12.3 Å². The van der Waals surface area contributed by atoms with E-state index in [0.29, 0.717) is 52.9 Å². The maximum absolute atomic E-state index is 14.4. The van der Waals surface area contributed by atoms with Crippen LogP contribution in [0.3, 0.4) is 0 Å². The minimum Gasteiger partial charge on any atom is -0.497 e. The third kappa shape index (κ3) is 6.86. The van der Waals surface area contributed by atoms with Crippen molar-refractivity contribution >= 4 is 41.2 Å². The third-order valence-electron chi connectivity index (χ3n) is 9.62. The minimum absolute atomic E-state index is 0.0954. The van der Waals surface area contributed by atoms with Crippen LogP contribution in [0, 0.1) is 11.8 Å². The van der Waals surface area contributed by atoms with Crippen LogP contribution in [0.2, 0.25) is 0 Å². The molecule has 47 heavy (non-hydrogen) atoms. The number of amides is 5. The Morgan fingerprint density at radius 1 is 1.02 bits per heavy atom. The Kier molecular flexibility index (Phi) is 9.84. The van der Waals surface area contributed by atoms with E-state index in [2.05, 4.69) is 4.98 Å². The van der Waals surface area contributed by atoms with Crippen molar-refractivity contribution in [2.24, 2.45) is 11.8 Å². The zero-order valence-corrected chi connectivity index (χ0v) is 26.6. The van der Waals surface area contributed by atoms with Gasteiger partial charge in [0.05, 0.1) is 13.0 Å². The summed E-state index contributed by atoms with van der Waals surface area (Å²) >= 11 is 0. The molecule has 12 heteroatoms. The molecule has 0 saturated heterocycles. The van der Waals surface area contributed by atoms with Gasteiger partial charge in [0, 0.05) is 42.4 Å². The molecular weight excluding hydrogens is 604 g/mol. The van der Waals surface area contributed by atoms with Crippen molar-refractivity contribution < 1.29 is 37.9 Å². The summed E-state index contributed by atoms with van der Waals surface area (Å²) in [6.07, 6.45) is 11.6. The molecule has 12 nitrogen and oxygen atoms in total. The Bertz CT molecular complexity index is 1610. The number of carbonyl (C=O) groups is 5. The minimum atomic E-state index is -1.10. The number of imide groups is 2. The number of furan rings is 1. The van der Waals surface area contributed by atoms with Crippen molar-refractivity contribution in [1.29, 1.82) is 0 Å². The van der Waals surface area contributed by atoms with E-state index in [9.17, 15) is 24.0 Å². The highest BCUT2D eigenvalue weighted by Gasteiger charge is 2.42. The highest BCUT2D eigenvalue weighted by molar-refractivity contribution is 6.01. The zero-order valence-electron chi connectivity index (χ0n) is 26.6. The Morgan fingerprint density at radius 2 is 1.74 bits per heavy atom. The first-order valence-electron chi connectivity index (χ1n) is 16.4. The fourth-order valence-corrected chi connectivity index (χ4v) is 6.98. The van der Waals surface area contributed by atoms with Crippen molar-refractivity contribution in [2.45, 2.75) is 76.8 Å². The SMILES string of the molecule is COc1ccc2c(c1)C(=O)N(C[C@@H](c1cc3cnccc3o1)N(C(=O)C1CCCCC1)C(=O)N(C=O)COC(=O)C1CCCCC1)C2. The van der Waals surface area contributed by atoms with Gasteiger partial charge in [-0.05, 0) is 55.5 Å². The number of fused-ring (bicyclic) bond motifs is 2. The number of carbonyl (C=O) groups excluding carboxylic acids is 5. The lowest BCUT2D eigenvalue weighted by Gasteiger charge is -2.36. The van der Waals surface area contributed by atoms with E-state index in [-0.39, 0.29) is 37.1 Å². The molecule has 2 fully saturated rings. The highest BCUT2D eigenvalue weighted by Crippen LogP contribution is 2.36. The lowest BCUT2D eigenvalue weighted by Crippen LogP contribution is -2.52. The molecular formula is C35H40N4O8. The third-order valence-corrected chi connectivity index (χ3v) is 9.62. The van der Waals surface area contributed by atoms with E-state index in [1.54, 1.807) is 41.6 Å². The van der Waals surface area contributed by atoms with Gasteiger partial charge < -0.3 is 18.8 Å². The monoisotopic (exact) mass is 644 g/mol. The number of urea groups is 1. The van der Waals surface area contributed by atoms with Crippen molar-refractivity contribution in [1.82, 2.24) is 19.7 Å². The van der Waals surface area contributed by atoms with Crippen molar-refractivity contribution in [3.8, 4) is 5.75 Å². The van der Waals surface area contributed by atoms with E-state index >= 15 is 0 Å². The molecule has 0 radical (unpaired) electrons. The molecule has 5 amide bonds. The van der Waals surface area contributed by atoms with E-state index in [1.807, 2.05) is 6.07 Å². The fraction of sp³-hybridized carbons (Fsp3) is 0.486. The van der Waals surface area contributed by atoms with E-state index in [0.717, 1.165) is 49.0 Å². The molecule has 3 aliphatic rings. The van der Waals surface area contributed by atoms with Gasteiger partial charge in [0.15, 0.2) is 6.73 Å². The molecule has 0 unspecified atom stereocenters. The Labute approximate surface area is 273 Å². The second-order valence-corrected chi connectivity index (χ2v) is 12.6. The lowest BCUT2D eigenvalue weighted by atomic mass is 9.88. The summed E-state index contributed by atoms with van der Waals surface area (Å²) in [5.41, 5.74) is 1.74. The average Bonchev–Trinajstić information content (AvgIpc) is 3.69. The standard InChI is InChI=1S/C35H40N4O8/c1-45-27-13-12-25-19-37(33(42)28(25)17-27)20-29(31-16-26-18-36-15-14-30(26)47-31)39(32(41)23-8-4-2-5-9-23)35(44)38(21-40)22-46-34(43)24-10-6-3-7-11-24/h12-18,21,23-24,29H,2-11,19-20,22H2,1H3/t29-/m0/s1. The summed E-state index contributed by atoms with van der Waals surface area (Å²) in [6.45, 7) is -0.481. The van der Waals surface area contributed by atoms with Crippen LogP contribution in [-0.4, -0.2) is 70.3 Å². The summed E-state index contributed by atoms with van der Waals surface area (Å²) in [7, 11) is 1.52. The summed E-state index contributed by atoms with van der Waals surface area (Å²) in [5, 5.41) is 0.652. The second-order valence-electron chi connectivity index (χ2n) is 12.6. The summed E-state index contributed by atoms with van der Waals surface area (Å²) in [4.78, 5) is 75.2.